The molecule has 1 N–H and O–H groups in total. The molecule has 6 nitrogen and oxygen atoms in total. The number of carboxylic acid groups (broad SMARTS) is 1. The van der Waals surface area contributed by atoms with Crippen LogP contribution in [0.1, 0.15) is 27.9 Å². The molecule has 2 aromatic heterocycles. The van der Waals surface area contributed by atoms with Crippen molar-refractivity contribution in [2.75, 3.05) is 6.61 Å². The number of fused-ring (bicyclic) bond motifs is 1. The van der Waals surface area contributed by atoms with Crippen LogP contribution in [0, 0.1) is 0 Å². The predicted octanol–water partition coefficient (Wildman–Crippen LogP) is 3.68. The Kier molecular flexibility index (Phi) is 4.87. The second-order valence-corrected chi connectivity index (χ2v) is 6.39. The van der Waals surface area contributed by atoms with Crippen molar-refractivity contribution in [1.29, 1.82) is 0 Å². The summed E-state index contributed by atoms with van der Waals surface area (Å²) in [5, 5.41) is 8.98. The first kappa shape index (κ1) is 17.2. The number of ether oxygens (including phenoxy) is 1. The van der Waals surface area contributed by atoms with E-state index in [0.717, 1.165) is 27.1 Å². The Morgan fingerprint density at radius 2 is 2.08 bits per heavy atom. The van der Waals surface area contributed by atoms with Crippen LogP contribution in [0.5, 0.6) is 5.75 Å². The van der Waals surface area contributed by atoms with E-state index in [1.165, 1.54) is 6.20 Å². The molecule has 0 aliphatic rings. The highest BCUT2D eigenvalue weighted by Gasteiger charge is 2.14. The van der Waals surface area contributed by atoms with E-state index in [9.17, 15) is 9.59 Å². The van der Waals surface area contributed by atoms with Gasteiger partial charge in [-0.15, -0.1) is 0 Å². The van der Waals surface area contributed by atoms with Crippen LogP contribution in [-0.4, -0.2) is 27.1 Å². The lowest BCUT2D eigenvalue weighted by Crippen LogP contribution is -2.14. The summed E-state index contributed by atoms with van der Waals surface area (Å²) in [4.78, 5) is 27.9. The van der Waals surface area contributed by atoms with Gasteiger partial charge in [0, 0.05) is 6.20 Å². The molecule has 0 amide bonds. The molecule has 3 aromatic rings. The first-order valence-electron chi connectivity index (χ1n) is 7.35. The molecule has 25 heavy (non-hydrogen) atoms. The smallest absolute Gasteiger partial charge is 0.347 e. The number of aromatic carboxylic acids is 1. The summed E-state index contributed by atoms with van der Waals surface area (Å²) in [6.45, 7) is 2.51. The molecule has 0 saturated carbocycles. The Labute approximate surface area is 151 Å². The maximum absolute atomic E-state index is 12.3. The van der Waals surface area contributed by atoms with Gasteiger partial charge in [-0.25, -0.2) is 9.78 Å². The van der Waals surface area contributed by atoms with Crippen LogP contribution >= 0.6 is 22.9 Å². The fraction of sp³-hybridized carbons (Fsp3) is 0.118. The highest BCUT2D eigenvalue weighted by atomic mass is 35.5. The van der Waals surface area contributed by atoms with Crippen LogP contribution in [-0.2, 0) is 0 Å². The van der Waals surface area contributed by atoms with E-state index in [1.807, 2.05) is 31.2 Å². The van der Waals surface area contributed by atoms with Gasteiger partial charge in [0.25, 0.3) is 5.56 Å². The first-order chi connectivity index (χ1) is 12.0. The monoisotopic (exact) mass is 376 g/mol. The third-order valence-electron chi connectivity index (χ3n) is 3.34. The summed E-state index contributed by atoms with van der Waals surface area (Å²) < 4.78 is 6.52. The van der Waals surface area contributed by atoms with E-state index in [2.05, 4.69) is 4.98 Å². The van der Waals surface area contributed by atoms with Crippen LogP contribution in [0.2, 0.25) is 5.02 Å². The fourth-order valence-electron chi connectivity index (χ4n) is 2.16. The van der Waals surface area contributed by atoms with Crippen molar-refractivity contribution in [3.63, 3.8) is 0 Å². The summed E-state index contributed by atoms with van der Waals surface area (Å²) in [7, 11) is 0. The molecule has 0 aliphatic heterocycles. The lowest BCUT2D eigenvalue weighted by atomic mass is 10.2. The van der Waals surface area contributed by atoms with Crippen molar-refractivity contribution < 1.29 is 14.6 Å². The molecule has 0 spiro atoms. The molecule has 1 aromatic carbocycles. The number of hydrogen-bond acceptors (Lipinski definition) is 5. The molecular weight excluding hydrogens is 364 g/mol. The Hall–Kier alpha value is -2.64. The number of rotatable bonds is 5. The zero-order chi connectivity index (χ0) is 18.0. The zero-order valence-electron chi connectivity index (χ0n) is 13.1. The molecule has 8 heteroatoms. The maximum atomic E-state index is 12.3. The lowest BCUT2D eigenvalue weighted by molar-refractivity contribution is 0.0701. The van der Waals surface area contributed by atoms with Gasteiger partial charge in [0.05, 0.1) is 12.3 Å². The molecule has 0 radical (unpaired) electrons. The molecule has 0 atom stereocenters. The summed E-state index contributed by atoms with van der Waals surface area (Å²) >= 11 is 7.00. The average Bonchev–Trinajstić information content (AvgIpc) is 3.03. The predicted molar refractivity (Wildman–Crippen MR) is 97.8 cm³/mol. The van der Waals surface area contributed by atoms with Gasteiger partial charge in [-0.1, -0.05) is 41.1 Å². The number of carboxylic acids is 1. The average molecular weight is 377 g/mol. The van der Waals surface area contributed by atoms with Gasteiger partial charge < -0.3 is 9.84 Å². The second kappa shape index (κ2) is 7.08. The summed E-state index contributed by atoms with van der Waals surface area (Å²) in [6, 6.07) is 7.42. The topological polar surface area (TPSA) is 80.9 Å². The fourth-order valence-corrected chi connectivity index (χ4v) is 3.18. The van der Waals surface area contributed by atoms with Gasteiger partial charge in [0.2, 0.25) is 0 Å². The van der Waals surface area contributed by atoms with Crippen molar-refractivity contribution in [3.8, 4) is 5.75 Å². The molecule has 0 bridgehead atoms. The largest absolute Gasteiger partial charge is 0.494 e. The standard InChI is InChI=1S/C17H13ClN2O4S/c1-2-24-11-6-3-10(4-7-11)5-8-12-14(18)15(21)20-9-13(16(22)23)25-17(20)19-12/h3-9H,2H2,1H3,(H,22,23). The minimum Gasteiger partial charge on any atom is -0.494 e. The summed E-state index contributed by atoms with van der Waals surface area (Å²) in [5.41, 5.74) is 0.681. The van der Waals surface area contributed by atoms with E-state index >= 15 is 0 Å². The number of carbonyl (C=O) groups is 1. The van der Waals surface area contributed by atoms with Gasteiger partial charge in [-0.05, 0) is 30.7 Å². The highest BCUT2D eigenvalue weighted by Crippen LogP contribution is 2.20. The van der Waals surface area contributed by atoms with Crippen molar-refractivity contribution in [2.24, 2.45) is 0 Å². The molecule has 0 aliphatic carbocycles. The normalized spacial score (nSPS) is 11.3. The molecule has 2 heterocycles. The Morgan fingerprint density at radius 1 is 1.36 bits per heavy atom. The third-order valence-corrected chi connectivity index (χ3v) is 4.66. The van der Waals surface area contributed by atoms with E-state index < -0.39 is 11.5 Å². The van der Waals surface area contributed by atoms with E-state index in [1.54, 1.807) is 12.2 Å². The maximum Gasteiger partial charge on any atom is 0.347 e. The quantitative estimate of drug-likeness (QED) is 0.734. The number of halogens is 1. The Balaban J connectivity index is 1.96. The van der Waals surface area contributed by atoms with Crippen LogP contribution in [0.3, 0.4) is 0 Å². The van der Waals surface area contributed by atoms with Crippen molar-refractivity contribution in [3.05, 3.63) is 62.0 Å². The summed E-state index contributed by atoms with van der Waals surface area (Å²) in [5.74, 6) is -0.340. The molecule has 0 saturated heterocycles. The van der Waals surface area contributed by atoms with Crippen molar-refractivity contribution in [1.82, 2.24) is 9.38 Å². The molecule has 0 unspecified atom stereocenters. The van der Waals surface area contributed by atoms with Crippen LogP contribution < -0.4 is 10.3 Å². The number of thiazole rings is 1. The van der Waals surface area contributed by atoms with E-state index in [-0.39, 0.29) is 14.9 Å². The van der Waals surface area contributed by atoms with Crippen molar-refractivity contribution in [2.45, 2.75) is 6.92 Å². The van der Waals surface area contributed by atoms with Crippen molar-refractivity contribution >= 4 is 46.0 Å². The highest BCUT2D eigenvalue weighted by molar-refractivity contribution is 7.18. The second-order valence-electron chi connectivity index (χ2n) is 5.00. The first-order valence-corrected chi connectivity index (χ1v) is 8.55. The van der Waals surface area contributed by atoms with E-state index in [4.69, 9.17) is 21.4 Å². The van der Waals surface area contributed by atoms with E-state index in [0.29, 0.717) is 12.3 Å². The molecule has 128 valence electrons. The number of benzene rings is 1. The SMILES string of the molecule is CCOc1ccc(C=Cc2nc3sc(C(=O)O)cn3c(=O)c2Cl)cc1. The van der Waals surface area contributed by atoms with Gasteiger partial charge in [0.15, 0.2) is 4.96 Å². The van der Waals surface area contributed by atoms with Crippen LogP contribution in [0.15, 0.2) is 35.3 Å². The van der Waals surface area contributed by atoms with Gasteiger partial charge in [0.1, 0.15) is 15.6 Å². The van der Waals surface area contributed by atoms with Gasteiger partial charge in [-0.2, -0.15) is 0 Å². The zero-order valence-corrected chi connectivity index (χ0v) is 14.7. The number of nitrogens with zero attached hydrogens (tertiary/aromatic N) is 2. The molecular formula is C17H13ClN2O4S. The summed E-state index contributed by atoms with van der Waals surface area (Å²) in [6.07, 6.45) is 4.62. The van der Waals surface area contributed by atoms with Crippen LogP contribution in [0.4, 0.5) is 0 Å². The van der Waals surface area contributed by atoms with Gasteiger partial charge >= 0.3 is 5.97 Å². The Morgan fingerprint density at radius 3 is 2.72 bits per heavy atom. The third kappa shape index (κ3) is 3.57. The molecule has 0 fully saturated rings. The van der Waals surface area contributed by atoms with Gasteiger partial charge in [-0.3, -0.25) is 9.20 Å². The minimum atomic E-state index is -1.11. The molecule has 3 rings (SSSR count). The van der Waals surface area contributed by atoms with Crippen LogP contribution in [0.25, 0.3) is 17.1 Å². The number of hydrogen-bond donors (Lipinski definition) is 1. The number of aromatic nitrogens is 2. The lowest BCUT2D eigenvalue weighted by Gasteiger charge is -2.02. The minimum absolute atomic E-state index is 0.0216. The Bertz CT molecular complexity index is 1020.